The Kier molecular flexibility index (Phi) is 6.47. The Hall–Kier alpha value is -2.01. The van der Waals surface area contributed by atoms with Gasteiger partial charge in [-0.25, -0.2) is 0 Å². The molecule has 1 aromatic carbocycles. The average Bonchev–Trinajstić information content (AvgIpc) is 3.04. The molecule has 0 aliphatic rings. The zero-order chi connectivity index (χ0) is 16.7. The van der Waals surface area contributed by atoms with Crippen LogP contribution in [0.3, 0.4) is 0 Å². The molecular weight excluding hydrogens is 306 g/mol. The van der Waals surface area contributed by atoms with Crippen LogP contribution in [-0.2, 0) is 19.5 Å². The number of rotatable bonds is 6. The smallest absolute Gasteiger partial charge is 0.191 e. The number of thiophene rings is 1. The predicted octanol–water partition coefficient (Wildman–Crippen LogP) is 3.49. The summed E-state index contributed by atoms with van der Waals surface area (Å²) in [6, 6.07) is 10.6. The fourth-order valence-corrected chi connectivity index (χ4v) is 3.16. The van der Waals surface area contributed by atoms with E-state index in [0.29, 0.717) is 6.54 Å². The first-order valence-corrected chi connectivity index (χ1v) is 8.63. The van der Waals surface area contributed by atoms with Gasteiger partial charge in [-0.3, -0.25) is 4.99 Å². The Labute approximate surface area is 142 Å². The maximum Gasteiger partial charge on any atom is 0.191 e. The van der Waals surface area contributed by atoms with Crippen molar-refractivity contribution in [2.45, 2.75) is 33.4 Å². The van der Waals surface area contributed by atoms with Crippen molar-refractivity contribution in [2.75, 3.05) is 14.2 Å². The molecule has 2 N–H and O–H groups in total. The molecule has 0 atom stereocenters. The Morgan fingerprint density at radius 3 is 2.52 bits per heavy atom. The number of hydrogen-bond donors (Lipinski definition) is 2. The maximum atomic E-state index is 5.36. The molecule has 23 heavy (non-hydrogen) atoms. The van der Waals surface area contributed by atoms with E-state index < -0.39 is 0 Å². The number of benzene rings is 1. The average molecular weight is 331 g/mol. The highest BCUT2D eigenvalue weighted by atomic mass is 32.1. The fraction of sp³-hybridized carbons (Fsp3) is 0.389. The molecule has 1 heterocycles. The first-order chi connectivity index (χ1) is 11.2. The minimum atomic E-state index is 0.709. The van der Waals surface area contributed by atoms with Gasteiger partial charge in [0.05, 0.1) is 13.7 Å². The highest BCUT2D eigenvalue weighted by molar-refractivity contribution is 7.11. The molecule has 0 unspecified atom stereocenters. The van der Waals surface area contributed by atoms with Gasteiger partial charge in [-0.2, -0.15) is 0 Å². The summed E-state index contributed by atoms with van der Waals surface area (Å²) in [5.74, 6) is 1.72. The van der Waals surface area contributed by atoms with Crippen molar-refractivity contribution in [3.05, 3.63) is 51.2 Å². The number of nitrogens with zero attached hydrogens (tertiary/aromatic N) is 1. The van der Waals surface area contributed by atoms with E-state index in [0.717, 1.165) is 30.2 Å². The number of nitrogens with one attached hydrogen (secondary N) is 2. The Morgan fingerprint density at radius 1 is 1.13 bits per heavy atom. The van der Waals surface area contributed by atoms with Crippen LogP contribution in [0, 0.1) is 6.92 Å². The van der Waals surface area contributed by atoms with Gasteiger partial charge in [-0.05, 0) is 42.7 Å². The monoisotopic (exact) mass is 331 g/mol. The molecular formula is C18H25N3OS. The van der Waals surface area contributed by atoms with Gasteiger partial charge in [0.1, 0.15) is 5.75 Å². The Bertz CT molecular complexity index is 664. The minimum absolute atomic E-state index is 0.709. The third kappa shape index (κ3) is 4.99. The van der Waals surface area contributed by atoms with E-state index in [1.807, 2.05) is 18.3 Å². The van der Waals surface area contributed by atoms with E-state index in [9.17, 15) is 0 Å². The summed E-state index contributed by atoms with van der Waals surface area (Å²) in [6.07, 6.45) is 1.09. The summed E-state index contributed by atoms with van der Waals surface area (Å²) in [4.78, 5) is 7.01. The molecule has 0 aliphatic heterocycles. The van der Waals surface area contributed by atoms with Gasteiger partial charge < -0.3 is 15.4 Å². The lowest BCUT2D eigenvalue weighted by Crippen LogP contribution is -2.36. The van der Waals surface area contributed by atoms with E-state index in [1.54, 1.807) is 14.2 Å². The molecule has 0 saturated heterocycles. The van der Waals surface area contributed by atoms with Crippen molar-refractivity contribution in [3.8, 4) is 5.75 Å². The van der Waals surface area contributed by atoms with Crippen LogP contribution in [0.5, 0.6) is 5.75 Å². The molecule has 5 heteroatoms. The highest BCUT2D eigenvalue weighted by Crippen LogP contribution is 2.19. The minimum Gasteiger partial charge on any atom is -0.496 e. The van der Waals surface area contributed by atoms with Crippen LogP contribution in [0.15, 0.2) is 35.3 Å². The normalized spacial score (nSPS) is 11.4. The van der Waals surface area contributed by atoms with Crippen molar-refractivity contribution in [1.82, 2.24) is 10.6 Å². The van der Waals surface area contributed by atoms with Gasteiger partial charge in [0.15, 0.2) is 5.96 Å². The number of hydrogen-bond acceptors (Lipinski definition) is 3. The van der Waals surface area contributed by atoms with Crippen molar-refractivity contribution >= 4 is 17.3 Å². The summed E-state index contributed by atoms with van der Waals surface area (Å²) >= 11 is 1.84. The van der Waals surface area contributed by atoms with Crippen LogP contribution in [0.2, 0.25) is 0 Å². The summed E-state index contributed by atoms with van der Waals surface area (Å²) in [7, 11) is 3.49. The predicted molar refractivity (Wildman–Crippen MR) is 98.5 cm³/mol. The van der Waals surface area contributed by atoms with E-state index in [-0.39, 0.29) is 0 Å². The first kappa shape index (κ1) is 17.3. The molecule has 0 fully saturated rings. The van der Waals surface area contributed by atoms with Gasteiger partial charge in [0.25, 0.3) is 0 Å². The van der Waals surface area contributed by atoms with Crippen LogP contribution >= 0.6 is 11.3 Å². The van der Waals surface area contributed by atoms with Gasteiger partial charge in [0, 0.05) is 23.3 Å². The Balaban J connectivity index is 1.87. The molecule has 0 radical (unpaired) electrons. The molecule has 0 spiro atoms. The molecule has 2 rings (SSSR count). The zero-order valence-corrected chi connectivity index (χ0v) is 15.1. The molecule has 2 aromatic rings. The largest absolute Gasteiger partial charge is 0.496 e. The second-order valence-electron chi connectivity index (χ2n) is 5.30. The third-order valence-electron chi connectivity index (χ3n) is 3.65. The van der Waals surface area contributed by atoms with E-state index in [2.05, 4.69) is 52.9 Å². The third-order valence-corrected chi connectivity index (χ3v) is 4.88. The van der Waals surface area contributed by atoms with Crippen LogP contribution in [-0.4, -0.2) is 20.1 Å². The van der Waals surface area contributed by atoms with Gasteiger partial charge in [-0.1, -0.05) is 19.1 Å². The zero-order valence-electron chi connectivity index (χ0n) is 14.3. The van der Waals surface area contributed by atoms with Crippen molar-refractivity contribution < 1.29 is 4.74 Å². The second-order valence-corrected chi connectivity index (χ2v) is 6.56. The summed E-state index contributed by atoms with van der Waals surface area (Å²) in [5, 5.41) is 6.69. The van der Waals surface area contributed by atoms with Crippen LogP contribution in [0.4, 0.5) is 0 Å². The lowest BCUT2D eigenvalue weighted by molar-refractivity contribution is 0.411. The Morgan fingerprint density at radius 2 is 1.87 bits per heavy atom. The van der Waals surface area contributed by atoms with Crippen molar-refractivity contribution in [3.63, 3.8) is 0 Å². The summed E-state index contributed by atoms with van der Waals surface area (Å²) in [5.41, 5.74) is 2.31. The molecule has 0 bridgehead atoms. The maximum absolute atomic E-state index is 5.36. The lowest BCUT2D eigenvalue weighted by Gasteiger charge is -2.12. The topological polar surface area (TPSA) is 45.7 Å². The fourth-order valence-electron chi connectivity index (χ4n) is 2.26. The number of methoxy groups -OCH3 is 1. The molecule has 124 valence electrons. The van der Waals surface area contributed by atoms with Crippen LogP contribution in [0.1, 0.15) is 27.8 Å². The van der Waals surface area contributed by atoms with Gasteiger partial charge in [0.2, 0.25) is 0 Å². The van der Waals surface area contributed by atoms with Crippen molar-refractivity contribution in [2.24, 2.45) is 4.99 Å². The van der Waals surface area contributed by atoms with E-state index in [1.165, 1.54) is 15.3 Å². The number of aliphatic imine (C=N–C) groups is 1. The summed E-state index contributed by atoms with van der Waals surface area (Å²) < 4.78 is 5.36. The van der Waals surface area contributed by atoms with E-state index >= 15 is 0 Å². The highest BCUT2D eigenvalue weighted by Gasteiger charge is 2.03. The quantitative estimate of drug-likeness (QED) is 0.629. The standard InChI is InChI=1S/C18H25N3OS/c1-5-15-8-9-16(23-15)12-21-18(19-3)20-11-14-7-6-13(2)17(10-14)22-4/h6-10H,5,11-12H2,1-4H3,(H2,19,20,21). The molecule has 4 nitrogen and oxygen atoms in total. The first-order valence-electron chi connectivity index (χ1n) is 7.82. The number of ether oxygens (including phenoxy) is 1. The number of guanidine groups is 1. The van der Waals surface area contributed by atoms with Crippen LogP contribution in [0.25, 0.3) is 0 Å². The van der Waals surface area contributed by atoms with Gasteiger partial charge in [-0.15, -0.1) is 11.3 Å². The molecule has 0 amide bonds. The van der Waals surface area contributed by atoms with E-state index in [4.69, 9.17) is 4.74 Å². The molecule has 0 saturated carbocycles. The van der Waals surface area contributed by atoms with Crippen molar-refractivity contribution in [1.29, 1.82) is 0 Å². The molecule has 1 aromatic heterocycles. The second kappa shape index (κ2) is 8.58. The van der Waals surface area contributed by atoms with Gasteiger partial charge >= 0.3 is 0 Å². The number of aryl methyl sites for hydroxylation is 2. The van der Waals surface area contributed by atoms with Crippen LogP contribution < -0.4 is 15.4 Å². The molecule has 0 aliphatic carbocycles. The SMILES string of the molecule is CCc1ccc(CNC(=NC)NCc2ccc(C)c(OC)c2)s1. The lowest BCUT2D eigenvalue weighted by atomic mass is 10.1. The summed E-state index contributed by atoms with van der Waals surface area (Å²) in [6.45, 7) is 5.73.